The Labute approximate surface area is 195 Å². The first-order chi connectivity index (χ1) is 16.0. The maximum absolute atomic E-state index is 13.4. The van der Waals surface area contributed by atoms with E-state index in [1.165, 1.54) is 12.1 Å². The van der Waals surface area contributed by atoms with Crippen molar-refractivity contribution in [2.75, 3.05) is 38.6 Å². The summed E-state index contributed by atoms with van der Waals surface area (Å²) in [5, 5.41) is 3.71. The van der Waals surface area contributed by atoms with Crippen molar-refractivity contribution < 1.29 is 13.6 Å². The Morgan fingerprint density at radius 3 is 2.39 bits per heavy atom. The van der Waals surface area contributed by atoms with E-state index < -0.39 is 0 Å². The van der Waals surface area contributed by atoms with E-state index in [9.17, 15) is 9.18 Å². The number of hydrogen-bond acceptors (Lipinski definition) is 4. The highest BCUT2D eigenvalue weighted by Gasteiger charge is 2.21. The Morgan fingerprint density at radius 1 is 1.09 bits per heavy atom. The van der Waals surface area contributed by atoms with Gasteiger partial charge < -0.3 is 19.5 Å². The summed E-state index contributed by atoms with van der Waals surface area (Å²) >= 11 is 0. The molecule has 1 N–H and O–H groups in total. The van der Waals surface area contributed by atoms with Crippen LogP contribution in [0.4, 0.5) is 10.1 Å². The number of hydrogen-bond donors (Lipinski definition) is 1. The molecule has 1 aliphatic rings. The predicted molar refractivity (Wildman–Crippen MR) is 129 cm³/mol. The second-order valence-electron chi connectivity index (χ2n) is 8.87. The minimum Gasteiger partial charge on any atom is -0.469 e. The number of rotatable bonds is 8. The van der Waals surface area contributed by atoms with Gasteiger partial charge in [-0.2, -0.15) is 0 Å². The first kappa shape index (κ1) is 23.1. The number of nitrogens with one attached hydrogen (secondary N) is 1. The van der Waals surface area contributed by atoms with Crippen LogP contribution in [0, 0.1) is 5.82 Å². The van der Waals surface area contributed by atoms with Crippen molar-refractivity contribution in [2.45, 2.75) is 31.2 Å². The molecule has 1 saturated heterocycles. The summed E-state index contributed by atoms with van der Waals surface area (Å²) < 4.78 is 19.0. The fourth-order valence-corrected chi connectivity index (χ4v) is 4.50. The zero-order valence-electron chi connectivity index (χ0n) is 19.3. The van der Waals surface area contributed by atoms with Crippen molar-refractivity contribution in [2.24, 2.45) is 0 Å². The standard InChI is InChI=1S/C27H32FN3O2/c1-30(2)27(32)21-7-11-24(12-8-21)31-17-14-23(15-18-31)29-16-13-25(26-4-3-19-33-26)20-5-9-22(28)10-6-20/h3-12,19,23,25,29H,13-18H2,1-2H3/t25-/m0/s1. The van der Waals surface area contributed by atoms with E-state index in [0.29, 0.717) is 11.6 Å². The molecule has 0 aliphatic carbocycles. The molecule has 5 nitrogen and oxygen atoms in total. The largest absolute Gasteiger partial charge is 0.469 e. The van der Waals surface area contributed by atoms with Crippen molar-refractivity contribution in [3.63, 3.8) is 0 Å². The summed E-state index contributed by atoms with van der Waals surface area (Å²) in [6, 6.07) is 19.0. The SMILES string of the molecule is CN(C)C(=O)c1ccc(N2CCC(NCC[C@@H](c3ccc(F)cc3)c3ccco3)CC2)cc1. The van der Waals surface area contributed by atoms with Crippen molar-refractivity contribution in [3.8, 4) is 0 Å². The quantitative estimate of drug-likeness (QED) is 0.531. The number of carbonyl (C=O) groups excluding carboxylic acids is 1. The van der Waals surface area contributed by atoms with Crippen LogP contribution in [-0.2, 0) is 0 Å². The third-order valence-corrected chi connectivity index (χ3v) is 6.41. The number of nitrogens with zero attached hydrogens (tertiary/aromatic N) is 2. The average Bonchev–Trinajstić information content (AvgIpc) is 3.37. The van der Waals surface area contributed by atoms with Gasteiger partial charge in [-0.25, -0.2) is 4.39 Å². The molecule has 6 heteroatoms. The fraction of sp³-hybridized carbons (Fsp3) is 0.370. The number of carbonyl (C=O) groups is 1. The third kappa shape index (κ3) is 5.82. The van der Waals surface area contributed by atoms with Crippen LogP contribution in [0.3, 0.4) is 0 Å². The molecule has 0 spiro atoms. The van der Waals surface area contributed by atoms with Gasteiger partial charge in [-0.1, -0.05) is 12.1 Å². The molecule has 1 fully saturated rings. The summed E-state index contributed by atoms with van der Waals surface area (Å²) in [5.74, 6) is 0.824. The molecule has 1 amide bonds. The molecule has 33 heavy (non-hydrogen) atoms. The van der Waals surface area contributed by atoms with E-state index in [2.05, 4.69) is 10.2 Å². The molecule has 0 bridgehead atoms. The molecule has 0 saturated carbocycles. The van der Waals surface area contributed by atoms with Gasteiger partial charge in [0.1, 0.15) is 11.6 Å². The fourth-order valence-electron chi connectivity index (χ4n) is 4.50. The Balaban J connectivity index is 1.27. The van der Waals surface area contributed by atoms with Gasteiger partial charge in [-0.3, -0.25) is 4.79 Å². The van der Waals surface area contributed by atoms with Crippen LogP contribution in [0.2, 0.25) is 0 Å². The maximum Gasteiger partial charge on any atom is 0.253 e. The van der Waals surface area contributed by atoms with Crippen LogP contribution in [0.1, 0.15) is 46.9 Å². The molecular formula is C27H32FN3O2. The first-order valence-corrected chi connectivity index (χ1v) is 11.6. The molecule has 0 unspecified atom stereocenters. The monoisotopic (exact) mass is 449 g/mol. The molecule has 1 aromatic heterocycles. The van der Waals surface area contributed by atoms with Gasteiger partial charge in [-0.05, 0) is 79.9 Å². The Kier molecular flexibility index (Phi) is 7.45. The minimum atomic E-state index is -0.222. The summed E-state index contributed by atoms with van der Waals surface area (Å²) in [7, 11) is 3.54. The maximum atomic E-state index is 13.4. The summed E-state index contributed by atoms with van der Waals surface area (Å²) in [6.45, 7) is 2.84. The lowest BCUT2D eigenvalue weighted by atomic mass is 9.93. The van der Waals surface area contributed by atoms with Gasteiger partial charge >= 0.3 is 0 Å². The molecule has 1 aliphatic heterocycles. The smallest absolute Gasteiger partial charge is 0.253 e. The second kappa shape index (κ2) is 10.7. The Bertz CT molecular complexity index is 1010. The van der Waals surface area contributed by atoms with Crippen LogP contribution in [-0.4, -0.2) is 50.6 Å². The van der Waals surface area contributed by atoms with Gasteiger partial charge in [-0.15, -0.1) is 0 Å². The van der Waals surface area contributed by atoms with E-state index in [-0.39, 0.29) is 17.6 Å². The predicted octanol–water partition coefficient (Wildman–Crippen LogP) is 4.90. The number of anilines is 1. The first-order valence-electron chi connectivity index (χ1n) is 11.6. The van der Waals surface area contributed by atoms with E-state index >= 15 is 0 Å². The molecule has 0 radical (unpaired) electrons. The molecular weight excluding hydrogens is 417 g/mol. The lowest BCUT2D eigenvalue weighted by Crippen LogP contribution is -2.43. The highest BCUT2D eigenvalue weighted by molar-refractivity contribution is 5.94. The summed E-state index contributed by atoms with van der Waals surface area (Å²) in [6.07, 6.45) is 4.72. The molecule has 2 heterocycles. The van der Waals surface area contributed by atoms with Crippen molar-refractivity contribution in [3.05, 3.63) is 89.6 Å². The number of piperidine rings is 1. The zero-order valence-corrected chi connectivity index (χ0v) is 19.3. The topological polar surface area (TPSA) is 48.7 Å². The lowest BCUT2D eigenvalue weighted by molar-refractivity contribution is 0.0827. The van der Waals surface area contributed by atoms with Gasteiger partial charge in [0.15, 0.2) is 0 Å². The zero-order chi connectivity index (χ0) is 23.2. The van der Waals surface area contributed by atoms with Crippen LogP contribution >= 0.6 is 0 Å². The summed E-state index contributed by atoms with van der Waals surface area (Å²) in [4.78, 5) is 16.1. The van der Waals surface area contributed by atoms with Crippen LogP contribution in [0.5, 0.6) is 0 Å². The number of furan rings is 1. The van der Waals surface area contributed by atoms with Gasteiger partial charge in [0.2, 0.25) is 0 Å². The van der Waals surface area contributed by atoms with E-state index in [1.807, 2.05) is 48.5 Å². The third-order valence-electron chi connectivity index (χ3n) is 6.41. The minimum absolute atomic E-state index is 0.0259. The second-order valence-corrected chi connectivity index (χ2v) is 8.87. The molecule has 2 aromatic carbocycles. The Morgan fingerprint density at radius 2 is 1.79 bits per heavy atom. The Hall–Kier alpha value is -3.12. The van der Waals surface area contributed by atoms with Gasteiger partial charge in [0, 0.05) is 50.4 Å². The van der Waals surface area contributed by atoms with Crippen molar-refractivity contribution in [1.82, 2.24) is 10.2 Å². The highest BCUT2D eigenvalue weighted by atomic mass is 19.1. The lowest BCUT2D eigenvalue weighted by Gasteiger charge is -2.34. The molecule has 174 valence electrons. The number of benzene rings is 2. The van der Waals surface area contributed by atoms with Crippen molar-refractivity contribution >= 4 is 11.6 Å². The number of amides is 1. The van der Waals surface area contributed by atoms with E-state index in [1.54, 1.807) is 25.3 Å². The molecule has 3 aromatic rings. The van der Waals surface area contributed by atoms with Crippen LogP contribution in [0.25, 0.3) is 0 Å². The van der Waals surface area contributed by atoms with Gasteiger partial charge in [0.05, 0.1) is 6.26 Å². The average molecular weight is 450 g/mol. The molecule has 4 rings (SSSR count). The van der Waals surface area contributed by atoms with Crippen LogP contribution < -0.4 is 10.2 Å². The van der Waals surface area contributed by atoms with Crippen molar-refractivity contribution in [1.29, 1.82) is 0 Å². The normalized spacial score (nSPS) is 15.4. The molecule has 1 atom stereocenters. The van der Waals surface area contributed by atoms with Gasteiger partial charge in [0.25, 0.3) is 5.91 Å². The van der Waals surface area contributed by atoms with E-state index in [0.717, 1.165) is 55.9 Å². The number of halogens is 1. The van der Waals surface area contributed by atoms with E-state index in [4.69, 9.17) is 4.42 Å². The summed E-state index contributed by atoms with van der Waals surface area (Å²) in [5.41, 5.74) is 2.95. The van der Waals surface area contributed by atoms with Crippen LogP contribution in [0.15, 0.2) is 71.3 Å². The highest BCUT2D eigenvalue weighted by Crippen LogP contribution is 2.28.